The molecule has 1 amide bonds. The number of aryl methyl sites for hydroxylation is 1. The van der Waals surface area contributed by atoms with E-state index in [1.165, 1.54) is 24.9 Å². The number of aromatic nitrogens is 1. The molecular formula is C20H25N3O3S. The van der Waals surface area contributed by atoms with Crippen LogP contribution in [0.4, 0.5) is 5.69 Å². The van der Waals surface area contributed by atoms with E-state index in [4.69, 9.17) is 0 Å². The third kappa shape index (κ3) is 4.86. The average Bonchev–Trinajstić information content (AvgIpc) is 2.64. The lowest BCUT2D eigenvalue weighted by atomic mass is 9.86. The van der Waals surface area contributed by atoms with Crippen molar-refractivity contribution >= 4 is 21.6 Å². The van der Waals surface area contributed by atoms with Crippen molar-refractivity contribution < 1.29 is 13.2 Å². The highest BCUT2D eigenvalue weighted by Crippen LogP contribution is 2.24. The van der Waals surface area contributed by atoms with E-state index in [2.05, 4.69) is 21.9 Å². The van der Waals surface area contributed by atoms with Crippen molar-refractivity contribution in [3.63, 3.8) is 0 Å². The van der Waals surface area contributed by atoms with Crippen molar-refractivity contribution in [2.75, 3.05) is 4.72 Å². The first-order valence-corrected chi connectivity index (χ1v) is 10.7. The summed E-state index contributed by atoms with van der Waals surface area (Å²) >= 11 is 0. The van der Waals surface area contributed by atoms with Gasteiger partial charge in [-0.25, -0.2) is 8.42 Å². The van der Waals surface area contributed by atoms with Crippen molar-refractivity contribution in [2.24, 2.45) is 5.92 Å². The molecule has 27 heavy (non-hydrogen) atoms. The summed E-state index contributed by atoms with van der Waals surface area (Å²) in [4.78, 5) is 16.7. The van der Waals surface area contributed by atoms with Gasteiger partial charge in [-0.2, -0.15) is 0 Å². The molecule has 0 spiro atoms. The van der Waals surface area contributed by atoms with Crippen LogP contribution >= 0.6 is 0 Å². The lowest BCUT2D eigenvalue weighted by Gasteiger charge is -2.29. The summed E-state index contributed by atoms with van der Waals surface area (Å²) in [7, 11) is -3.73. The SMILES string of the molecule is Cc1ccc(S(=O)(=O)Nc2cncc(C(=O)N[C@@H]3CCCC[C@H]3C)c2)cc1. The molecule has 0 saturated heterocycles. The Kier molecular flexibility index (Phi) is 5.79. The molecule has 1 saturated carbocycles. The number of hydrogen-bond donors (Lipinski definition) is 2. The number of hydrogen-bond acceptors (Lipinski definition) is 4. The molecule has 0 unspecified atom stereocenters. The Hall–Kier alpha value is -2.41. The van der Waals surface area contributed by atoms with Gasteiger partial charge in [0, 0.05) is 12.2 Å². The number of carbonyl (C=O) groups excluding carboxylic acids is 1. The highest BCUT2D eigenvalue weighted by molar-refractivity contribution is 7.92. The minimum Gasteiger partial charge on any atom is -0.349 e. The van der Waals surface area contributed by atoms with E-state index >= 15 is 0 Å². The van der Waals surface area contributed by atoms with Crippen LogP contribution in [0.2, 0.25) is 0 Å². The highest BCUT2D eigenvalue weighted by atomic mass is 32.2. The Morgan fingerprint density at radius 3 is 2.52 bits per heavy atom. The van der Waals surface area contributed by atoms with Gasteiger partial charge < -0.3 is 5.32 Å². The zero-order valence-corrected chi connectivity index (χ0v) is 16.4. The number of carbonyl (C=O) groups is 1. The van der Waals surface area contributed by atoms with Crippen molar-refractivity contribution in [3.05, 3.63) is 53.9 Å². The summed E-state index contributed by atoms with van der Waals surface area (Å²) in [5.41, 5.74) is 1.59. The molecule has 3 rings (SSSR count). The predicted molar refractivity (Wildman–Crippen MR) is 105 cm³/mol. The normalized spacial score (nSPS) is 20.1. The van der Waals surface area contributed by atoms with Crippen LogP contribution in [0.5, 0.6) is 0 Å². The second-order valence-corrected chi connectivity index (χ2v) is 8.90. The van der Waals surface area contributed by atoms with Gasteiger partial charge >= 0.3 is 0 Å². The smallest absolute Gasteiger partial charge is 0.261 e. The van der Waals surface area contributed by atoms with Crippen LogP contribution in [0.15, 0.2) is 47.6 Å². The van der Waals surface area contributed by atoms with E-state index < -0.39 is 10.0 Å². The molecule has 1 aliphatic rings. The number of rotatable bonds is 5. The molecule has 1 aliphatic carbocycles. The first-order valence-electron chi connectivity index (χ1n) is 9.20. The highest BCUT2D eigenvalue weighted by Gasteiger charge is 2.23. The molecule has 0 radical (unpaired) electrons. The van der Waals surface area contributed by atoms with E-state index in [1.54, 1.807) is 24.3 Å². The number of sulfonamides is 1. The van der Waals surface area contributed by atoms with Crippen molar-refractivity contribution in [2.45, 2.75) is 50.5 Å². The number of nitrogens with zero attached hydrogens (tertiary/aromatic N) is 1. The summed E-state index contributed by atoms with van der Waals surface area (Å²) in [6.45, 7) is 4.04. The van der Waals surface area contributed by atoms with Crippen LogP contribution in [0.1, 0.15) is 48.5 Å². The van der Waals surface area contributed by atoms with Crippen LogP contribution in [0, 0.1) is 12.8 Å². The zero-order chi connectivity index (χ0) is 19.4. The number of benzene rings is 1. The van der Waals surface area contributed by atoms with E-state index in [1.807, 2.05) is 6.92 Å². The standard InChI is InChI=1S/C20H25N3O3S/c1-14-7-9-18(10-8-14)27(25,26)23-17-11-16(12-21-13-17)20(24)22-19-6-4-3-5-15(19)2/h7-13,15,19,23H,3-6H2,1-2H3,(H,22,24)/t15-,19-/m1/s1. The second kappa shape index (κ2) is 8.08. The van der Waals surface area contributed by atoms with Gasteiger partial charge in [0.1, 0.15) is 0 Å². The molecular weight excluding hydrogens is 362 g/mol. The van der Waals surface area contributed by atoms with Crippen LogP contribution in [0.25, 0.3) is 0 Å². The quantitative estimate of drug-likeness (QED) is 0.822. The van der Waals surface area contributed by atoms with Crippen LogP contribution in [0.3, 0.4) is 0 Å². The summed E-state index contributed by atoms with van der Waals surface area (Å²) in [5.74, 6) is 0.219. The molecule has 1 aromatic carbocycles. The molecule has 1 heterocycles. The molecule has 2 aromatic rings. The maximum absolute atomic E-state index is 12.6. The van der Waals surface area contributed by atoms with Gasteiger partial charge in [-0.3, -0.25) is 14.5 Å². The fraction of sp³-hybridized carbons (Fsp3) is 0.400. The fourth-order valence-electron chi connectivity index (χ4n) is 3.33. The van der Waals surface area contributed by atoms with Crippen molar-refractivity contribution in [3.8, 4) is 0 Å². The largest absolute Gasteiger partial charge is 0.349 e. The minimum atomic E-state index is -3.73. The fourth-order valence-corrected chi connectivity index (χ4v) is 4.37. The maximum atomic E-state index is 12.6. The lowest BCUT2D eigenvalue weighted by Crippen LogP contribution is -2.41. The third-order valence-corrected chi connectivity index (χ3v) is 6.41. The van der Waals surface area contributed by atoms with Gasteiger partial charge in [-0.15, -0.1) is 0 Å². The first-order chi connectivity index (χ1) is 12.8. The van der Waals surface area contributed by atoms with E-state index in [9.17, 15) is 13.2 Å². The Balaban J connectivity index is 1.73. The summed E-state index contributed by atoms with van der Waals surface area (Å²) in [5, 5.41) is 3.06. The van der Waals surface area contributed by atoms with Gasteiger partial charge in [-0.1, -0.05) is 37.5 Å². The van der Waals surface area contributed by atoms with Crippen LogP contribution < -0.4 is 10.0 Å². The maximum Gasteiger partial charge on any atom is 0.261 e. The topological polar surface area (TPSA) is 88.2 Å². The van der Waals surface area contributed by atoms with E-state index in [-0.39, 0.29) is 22.5 Å². The number of pyridine rings is 1. The van der Waals surface area contributed by atoms with Gasteiger partial charge in [0.05, 0.1) is 22.3 Å². The Morgan fingerprint density at radius 2 is 1.81 bits per heavy atom. The summed E-state index contributed by atoms with van der Waals surface area (Å²) in [6.07, 6.45) is 7.24. The molecule has 7 heteroatoms. The number of nitrogens with one attached hydrogen (secondary N) is 2. The number of amides is 1. The van der Waals surface area contributed by atoms with Gasteiger partial charge in [0.15, 0.2) is 0 Å². The first kappa shape index (κ1) is 19.4. The van der Waals surface area contributed by atoms with Crippen LogP contribution in [-0.4, -0.2) is 25.4 Å². The Labute approximate surface area is 160 Å². The molecule has 0 aliphatic heterocycles. The second-order valence-electron chi connectivity index (χ2n) is 7.22. The number of anilines is 1. The minimum absolute atomic E-state index is 0.152. The average molecular weight is 388 g/mol. The Morgan fingerprint density at radius 1 is 1.11 bits per heavy atom. The van der Waals surface area contributed by atoms with E-state index in [0.717, 1.165) is 24.8 Å². The predicted octanol–water partition coefficient (Wildman–Crippen LogP) is 3.50. The van der Waals surface area contributed by atoms with Crippen molar-refractivity contribution in [1.82, 2.24) is 10.3 Å². The lowest BCUT2D eigenvalue weighted by molar-refractivity contribution is 0.0910. The van der Waals surface area contributed by atoms with E-state index in [0.29, 0.717) is 11.5 Å². The molecule has 2 N–H and O–H groups in total. The molecule has 1 fully saturated rings. The van der Waals surface area contributed by atoms with Gasteiger partial charge in [-0.05, 0) is 43.9 Å². The molecule has 144 valence electrons. The molecule has 0 bridgehead atoms. The summed E-state index contributed by atoms with van der Waals surface area (Å²) in [6, 6.07) is 8.24. The van der Waals surface area contributed by atoms with Gasteiger partial charge in [0.2, 0.25) is 0 Å². The molecule has 2 atom stereocenters. The van der Waals surface area contributed by atoms with Crippen molar-refractivity contribution in [1.29, 1.82) is 0 Å². The Bertz CT molecular complexity index is 910. The van der Waals surface area contributed by atoms with Crippen LogP contribution in [-0.2, 0) is 10.0 Å². The molecule has 1 aromatic heterocycles. The summed E-state index contributed by atoms with van der Waals surface area (Å²) < 4.78 is 27.5. The van der Waals surface area contributed by atoms with Gasteiger partial charge in [0.25, 0.3) is 15.9 Å². The molecule has 6 nitrogen and oxygen atoms in total. The zero-order valence-electron chi connectivity index (χ0n) is 15.6. The third-order valence-electron chi connectivity index (χ3n) is 5.01. The monoisotopic (exact) mass is 387 g/mol.